The molecule has 0 aliphatic heterocycles. The minimum absolute atomic E-state index is 0.0725. The van der Waals surface area contributed by atoms with E-state index in [0.29, 0.717) is 0 Å². The highest BCUT2D eigenvalue weighted by atomic mass is 35.5. The summed E-state index contributed by atoms with van der Waals surface area (Å²) in [5, 5.41) is 1.70. The van der Waals surface area contributed by atoms with Gasteiger partial charge in [-0.25, -0.2) is 0 Å². The molecule has 1 aliphatic carbocycles. The fourth-order valence-electron chi connectivity index (χ4n) is 0.644. The van der Waals surface area contributed by atoms with E-state index in [4.69, 9.17) is 23.2 Å². The highest BCUT2D eigenvalue weighted by molar-refractivity contribution is 6.46. The van der Waals surface area contributed by atoms with Gasteiger partial charge >= 0.3 is 0 Å². The van der Waals surface area contributed by atoms with Crippen molar-refractivity contribution in [3.8, 4) is 0 Å². The molecule has 0 aromatic carbocycles. The van der Waals surface area contributed by atoms with Crippen molar-refractivity contribution in [3.05, 3.63) is 10.1 Å². The Labute approximate surface area is 59.5 Å². The molecule has 1 aliphatic rings. The van der Waals surface area contributed by atoms with Crippen molar-refractivity contribution in [2.45, 2.75) is 20.3 Å². The highest BCUT2D eigenvalue weighted by Gasteiger charge is 2.45. The van der Waals surface area contributed by atoms with Gasteiger partial charge in [0.05, 0.1) is 0 Å². The first kappa shape index (κ1) is 6.44. The molecule has 0 saturated carbocycles. The Morgan fingerprint density at radius 2 is 1.75 bits per heavy atom. The quantitative estimate of drug-likeness (QED) is 0.540. The first-order valence-corrected chi connectivity index (χ1v) is 3.44. The third-order valence-electron chi connectivity index (χ3n) is 1.81. The lowest BCUT2D eigenvalue weighted by molar-refractivity contribution is 0.600. The van der Waals surface area contributed by atoms with Crippen LogP contribution in [0.5, 0.6) is 0 Å². The summed E-state index contributed by atoms with van der Waals surface area (Å²) in [6.45, 7) is 4.13. The second-order valence-electron chi connectivity index (χ2n) is 2.31. The molecule has 0 nitrogen and oxygen atoms in total. The van der Waals surface area contributed by atoms with Crippen LogP contribution in [-0.4, -0.2) is 0 Å². The lowest BCUT2D eigenvalue weighted by atomic mass is 10.1. The predicted molar refractivity (Wildman–Crippen MR) is 37.1 cm³/mol. The zero-order valence-electron chi connectivity index (χ0n) is 4.96. The molecule has 0 atom stereocenters. The summed E-state index contributed by atoms with van der Waals surface area (Å²) < 4.78 is 0. The molecule has 0 N–H and O–H groups in total. The van der Waals surface area contributed by atoms with E-state index < -0.39 is 0 Å². The van der Waals surface area contributed by atoms with Crippen LogP contribution in [-0.2, 0) is 0 Å². The first-order valence-electron chi connectivity index (χ1n) is 2.69. The van der Waals surface area contributed by atoms with E-state index in [1.807, 2.05) is 0 Å². The van der Waals surface area contributed by atoms with Crippen LogP contribution in [0.3, 0.4) is 0 Å². The van der Waals surface area contributed by atoms with E-state index in [9.17, 15) is 0 Å². The van der Waals surface area contributed by atoms with Crippen molar-refractivity contribution >= 4 is 23.2 Å². The fourth-order valence-corrected chi connectivity index (χ4v) is 1.47. The number of halogens is 2. The molecule has 1 rings (SSSR count). The lowest BCUT2D eigenvalue weighted by Gasteiger charge is -2.03. The van der Waals surface area contributed by atoms with Crippen molar-refractivity contribution in [2.24, 2.45) is 5.41 Å². The van der Waals surface area contributed by atoms with Crippen LogP contribution in [0, 0.1) is 5.41 Å². The third kappa shape index (κ3) is 0.596. The van der Waals surface area contributed by atoms with Gasteiger partial charge in [-0.15, -0.1) is 0 Å². The van der Waals surface area contributed by atoms with Crippen LogP contribution >= 0.6 is 23.2 Å². The maximum absolute atomic E-state index is 5.69. The van der Waals surface area contributed by atoms with Crippen molar-refractivity contribution in [2.75, 3.05) is 0 Å². The molecule has 0 amide bonds. The second-order valence-corrected chi connectivity index (χ2v) is 3.07. The van der Waals surface area contributed by atoms with Gasteiger partial charge in [-0.2, -0.15) is 0 Å². The number of allylic oxidation sites excluding steroid dienone is 2. The van der Waals surface area contributed by atoms with Gasteiger partial charge in [0.25, 0.3) is 0 Å². The first-order chi connectivity index (χ1) is 3.63. The van der Waals surface area contributed by atoms with E-state index in [0.717, 1.165) is 16.5 Å². The van der Waals surface area contributed by atoms with Gasteiger partial charge in [0, 0.05) is 15.5 Å². The Kier molecular flexibility index (Phi) is 1.33. The van der Waals surface area contributed by atoms with E-state index in [-0.39, 0.29) is 5.41 Å². The summed E-state index contributed by atoms with van der Waals surface area (Å²) in [5.74, 6) is 0. The smallest absolute Gasteiger partial charge is 0.0447 e. The Morgan fingerprint density at radius 3 is 1.75 bits per heavy atom. The Balaban J connectivity index is 2.60. The summed E-state index contributed by atoms with van der Waals surface area (Å²) in [6, 6.07) is 0. The Bertz CT molecular complexity index is 135. The average Bonchev–Trinajstić information content (AvgIpc) is 2.22. The van der Waals surface area contributed by atoms with Gasteiger partial charge < -0.3 is 0 Å². The van der Waals surface area contributed by atoms with E-state index in [1.165, 1.54) is 0 Å². The molecule has 0 heterocycles. The van der Waals surface area contributed by atoms with Crippen LogP contribution in [0.1, 0.15) is 20.3 Å². The van der Waals surface area contributed by atoms with Gasteiger partial charge in [0.2, 0.25) is 0 Å². The summed E-state index contributed by atoms with van der Waals surface area (Å²) in [4.78, 5) is 0. The molecule has 0 aromatic heterocycles. The molecule has 46 valence electrons. The fraction of sp³-hybridized carbons (Fsp3) is 0.667. The minimum atomic E-state index is 0.0725. The predicted octanol–water partition coefficient (Wildman–Crippen LogP) is 3.11. The standard InChI is InChI=1S/C6H8Cl2/c1-3-6(2)4(7)5(6)8/h3H2,1-2H3. The second kappa shape index (κ2) is 1.65. The van der Waals surface area contributed by atoms with Gasteiger partial charge in [-0.05, 0) is 13.3 Å². The van der Waals surface area contributed by atoms with Gasteiger partial charge in [0.15, 0.2) is 0 Å². The molecule has 0 unspecified atom stereocenters. The zero-order valence-corrected chi connectivity index (χ0v) is 6.47. The summed E-state index contributed by atoms with van der Waals surface area (Å²) in [7, 11) is 0. The van der Waals surface area contributed by atoms with Gasteiger partial charge in [-0.3, -0.25) is 0 Å². The zero-order chi connectivity index (χ0) is 6.36. The molecule has 0 bridgehead atoms. The van der Waals surface area contributed by atoms with Crippen LogP contribution in [0.15, 0.2) is 10.1 Å². The SMILES string of the molecule is CCC1(C)C(Cl)=C1Cl. The number of hydrogen-bond acceptors (Lipinski definition) is 0. The minimum Gasteiger partial charge on any atom is -0.0868 e. The largest absolute Gasteiger partial charge is 0.0868 e. The van der Waals surface area contributed by atoms with Crippen LogP contribution in [0.2, 0.25) is 0 Å². The van der Waals surface area contributed by atoms with E-state index in [1.54, 1.807) is 0 Å². The molecule has 0 radical (unpaired) electrons. The van der Waals surface area contributed by atoms with E-state index in [2.05, 4.69) is 13.8 Å². The van der Waals surface area contributed by atoms with Gasteiger partial charge in [0.1, 0.15) is 0 Å². The monoisotopic (exact) mass is 150 g/mol. The van der Waals surface area contributed by atoms with Crippen molar-refractivity contribution in [3.63, 3.8) is 0 Å². The van der Waals surface area contributed by atoms with Crippen LogP contribution < -0.4 is 0 Å². The molecule has 0 aromatic rings. The highest BCUT2D eigenvalue weighted by Crippen LogP contribution is 2.59. The van der Waals surface area contributed by atoms with Gasteiger partial charge in [-0.1, -0.05) is 30.1 Å². The third-order valence-corrected chi connectivity index (χ3v) is 3.12. The summed E-state index contributed by atoms with van der Waals surface area (Å²) in [5.41, 5.74) is 0.0725. The maximum Gasteiger partial charge on any atom is 0.0447 e. The summed E-state index contributed by atoms with van der Waals surface area (Å²) in [6.07, 6.45) is 1.02. The maximum atomic E-state index is 5.69. The van der Waals surface area contributed by atoms with Crippen molar-refractivity contribution in [1.29, 1.82) is 0 Å². The molecular formula is C6H8Cl2. The molecule has 0 saturated heterocycles. The van der Waals surface area contributed by atoms with Crippen molar-refractivity contribution < 1.29 is 0 Å². The van der Waals surface area contributed by atoms with Crippen molar-refractivity contribution in [1.82, 2.24) is 0 Å². The average molecular weight is 151 g/mol. The molecule has 8 heavy (non-hydrogen) atoms. The normalized spacial score (nSPS) is 24.0. The van der Waals surface area contributed by atoms with Crippen LogP contribution in [0.4, 0.5) is 0 Å². The topological polar surface area (TPSA) is 0 Å². The summed E-state index contributed by atoms with van der Waals surface area (Å²) >= 11 is 11.4. The van der Waals surface area contributed by atoms with E-state index >= 15 is 0 Å². The Hall–Kier alpha value is 0.320. The lowest BCUT2D eigenvalue weighted by Crippen LogP contribution is -1.93. The molecule has 0 spiro atoms. The molecular weight excluding hydrogens is 143 g/mol. The molecule has 2 heteroatoms. The number of rotatable bonds is 1. The Morgan fingerprint density at radius 1 is 1.38 bits per heavy atom. The molecule has 0 fully saturated rings. The number of hydrogen-bond donors (Lipinski definition) is 0. The van der Waals surface area contributed by atoms with Crippen LogP contribution in [0.25, 0.3) is 0 Å².